The number of fused-ring (bicyclic) bond motifs is 2. The lowest BCUT2D eigenvalue weighted by Gasteiger charge is -2.20. The van der Waals surface area contributed by atoms with Gasteiger partial charge in [-0.15, -0.1) is 0 Å². The van der Waals surface area contributed by atoms with Gasteiger partial charge < -0.3 is 4.57 Å². The largest absolute Gasteiger partial charge is 0.332 e. The Kier molecular flexibility index (Phi) is 4.03. The fourth-order valence-electron chi connectivity index (χ4n) is 3.83. The van der Waals surface area contributed by atoms with E-state index in [1.165, 1.54) is 21.9 Å². The molecule has 0 aliphatic carbocycles. The maximum absolute atomic E-state index is 4.67. The van der Waals surface area contributed by atoms with Crippen LogP contribution in [0.3, 0.4) is 0 Å². The molecule has 0 amide bonds. The van der Waals surface area contributed by atoms with Crippen LogP contribution in [0.4, 0.5) is 0 Å². The van der Waals surface area contributed by atoms with E-state index < -0.39 is 0 Å². The topological polar surface area (TPSA) is 30.7 Å². The minimum Gasteiger partial charge on any atom is -0.332 e. The molecule has 1 unspecified atom stereocenters. The number of benzene rings is 1. The van der Waals surface area contributed by atoms with Crippen molar-refractivity contribution in [3.05, 3.63) is 72.2 Å². The van der Waals surface area contributed by atoms with Gasteiger partial charge >= 0.3 is 0 Å². The predicted molar refractivity (Wildman–Crippen MR) is 109 cm³/mol. The average Bonchev–Trinajstić information content (AvgIpc) is 3.03. The van der Waals surface area contributed by atoms with Gasteiger partial charge in [0.2, 0.25) is 0 Å². The van der Waals surface area contributed by atoms with E-state index in [4.69, 9.17) is 0 Å². The molecule has 1 atom stereocenters. The zero-order chi connectivity index (χ0) is 18.3. The van der Waals surface area contributed by atoms with Gasteiger partial charge in [0.05, 0.1) is 5.52 Å². The summed E-state index contributed by atoms with van der Waals surface area (Å²) in [7, 11) is 0. The highest BCUT2D eigenvalue weighted by molar-refractivity contribution is 5.83. The van der Waals surface area contributed by atoms with Gasteiger partial charge in [-0.1, -0.05) is 45.9 Å². The molecule has 3 heteroatoms. The summed E-state index contributed by atoms with van der Waals surface area (Å²) >= 11 is 0. The molecule has 0 bridgehead atoms. The molecule has 26 heavy (non-hydrogen) atoms. The fraction of sp³-hybridized carbons (Fsp3) is 0.304. The van der Waals surface area contributed by atoms with Crippen LogP contribution in [0.15, 0.2) is 61.1 Å². The molecule has 0 aliphatic rings. The van der Waals surface area contributed by atoms with Crippen molar-refractivity contribution in [1.82, 2.24) is 14.5 Å². The summed E-state index contributed by atoms with van der Waals surface area (Å²) in [6.45, 7) is 9.94. The number of aromatic nitrogens is 3. The number of rotatable bonds is 3. The first-order valence-electron chi connectivity index (χ1n) is 9.23. The predicted octanol–water partition coefficient (Wildman–Crippen LogP) is 5.69. The second-order valence-electron chi connectivity index (χ2n) is 8.13. The first kappa shape index (κ1) is 16.8. The van der Waals surface area contributed by atoms with Gasteiger partial charge in [0.15, 0.2) is 0 Å². The van der Waals surface area contributed by atoms with Crippen molar-refractivity contribution >= 4 is 21.9 Å². The normalized spacial score (nSPS) is 13.4. The molecule has 3 nitrogen and oxygen atoms in total. The lowest BCUT2D eigenvalue weighted by molar-refractivity contribution is 0.593. The molecule has 4 aromatic rings. The van der Waals surface area contributed by atoms with Gasteiger partial charge in [0.25, 0.3) is 0 Å². The summed E-state index contributed by atoms with van der Waals surface area (Å²) in [6, 6.07) is 14.9. The monoisotopic (exact) mass is 343 g/mol. The lowest BCUT2D eigenvalue weighted by Crippen LogP contribution is -2.12. The molecule has 0 saturated carbocycles. The van der Waals surface area contributed by atoms with Crippen molar-refractivity contribution in [2.24, 2.45) is 0 Å². The molecule has 0 radical (unpaired) electrons. The van der Waals surface area contributed by atoms with E-state index in [2.05, 4.69) is 84.8 Å². The maximum atomic E-state index is 4.67. The van der Waals surface area contributed by atoms with E-state index in [1.54, 1.807) is 0 Å². The molecule has 3 heterocycles. The van der Waals surface area contributed by atoms with Crippen LogP contribution in [-0.2, 0) is 12.0 Å². The van der Waals surface area contributed by atoms with Crippen molar-refractivity contribution in [3.63, 3.8) is 0 Å². The van der Waals surface area contributed by atoms with E-state index in [0.717, 1.165) is 17.7 Å². The molecule has 3 aromatic heterocycles. The molecule has 132 valence electrons. The average molecular weight is 343 g/mol. The number of hydrogen-bond donors (Lipinski definition) is 0. The van der Waals surface area contributed by atoms with Crippen LogP contribution in [-0.4, -0.2) is 14.5 Å². The van der Waals surface area contributed by atoms with Gasteiger partial charge in [-0.3, -0.25) is 4.98 Å². The number of nitrogens with zero attached hydrogens (tertiary/aromatic N) is 3. The Balaban J connectivity index is 1.73. The van der Waals surface area contributed by atoms with Crippen molar-refractivity contribution in [3.8, 4) is 0 Å². The summed E-state index contributed by atoms with van der Waals surface area (Å²) in [6.07, 6.45) is 6.02. The first-order valence-corrected chi connectivity index (χ1v) is 9.23. The third-order valence-corrected chi connectivity index (χ3v) is 5.15. The van der Waals surface area contributed by atoms with Crippen LogP contribution in [0, 0.1) is 0 Å². The molecular formula is C23H25N3. The standard InChI is InChI=1S/C23H25N3/c1-16(17-9-12-24-21-8-6-5-7-18(17)21)15-26-14-11-19-20(23(2,3)4)10-13-25-22(19)26/h5-14,16H,15H2,1-4H3. The Hall–Kier alpha value is -2.68. The smallest absolute Gasteiger partial charge is 0.140 e. The van der Waals surface area contributed by atoms with E-state index in [-0.39, 0.29) is 5.41 Å². The molecule has 1 aromatic carbocycles. The minimum absolute atomic E-state index is 0.111. The van der Waals surface area contributed by atoms with Crippen molar-refractivity contribution in [2.75, 3.05) is 0 Å². The SMILES string of the molecule is CC(Cn1ccc2c(C(C)(C)C)ccnc21)c1ccnc2ccccc12. The Morgan fingerprint density at radius 1 is 0.923 bits per heavy atom. The molecule has 0 N–H and O–H groups in total. The summed E-state index contributed by atoms with van der Waals surface area (Å²) in [5.41, 5.74) is 4.93. The number of hydrogen-bond acceptors (Lipinski definition) is 2. The lowest BCUT2D eigenvalue weighted by atomic mass is 9.86. The maximum Gasteiger partial charge on any atom is 0.140 e. The molecule has 0 aliphatic heterocycles. The van der Waals surface area contributed by atoms with E-state index in [9.17, 15) is 0 Å². The molecular weight excluding hydrogens is 318 g/mol. The third-order valence-electron chi connectivity index (χ3n) is 5.15. The fourth-order valence-corrected chi connectivity index (χ4v) is 3.83. The van der Waals surface area contributed by atoms with Gasteiger partial charge in [-0.25, -0.2) is 4.98 Å². The summed E-state index contributed by atoms with van der Waals surface area (Å²) in [5, 5.41) is 2.49. The summed E-state index contributed by atoms with van der Waals surface area (Å²) in [4.78, 5) is 9.17. The van der Waals surface area contributed by atoms with Gasteiger partial charge in [0.1, 0.15) is 5.65 Å². The van der Waals surface area contributed by atoms with Crippen LogP contribution >= 0.6 is 0 Å². The van der Waals surface area contributed by atoms with Crippen molar-refractivity contribution in [2.45, 2.75) is 45.6 Å². The molecule has 4 rings (SSSR count). The second-order valence-corrected chi connectivity index (χ2v) is 8.13. The second kappa shape index (κ2) is 6.24. The molecule has 0 fully saturated rings. The van der Waals surface area contributed by atoms with E-state index in [0.29, 0.717) is 5.92 Å². The van der Waals surface area contributed by atoms with E-state index >= 15 is 0 Å². The Morgan fingerprint density at radius 3 is 2.50 bits per heavy atom. The van der Waals surface area contributed by atoms with Gasteiger partial charge in [-0.2, -0.15) is 0 Å². The highest BCUT2D eigenvalue weighted by Crippen LogP contribution is 2.31. The van der Waals surface area contributed by atoms with Crippen molar-refractivity contribution in [1.29, 1.82) is 0 Å². The van der Waals surface area contributed by atoms with Crippen molar-refractivity contribution < 1.29 is 0 Å². The molecule has 0 spiro atoms. The van der Waals surface area contributed by atoms with Crippen LogP contribution in [0.1, 0.15) is 44.7 Å². The first-order chi connectivity index (χ1) is 12.4. The van der Waals surface area contributed by atoms with Crippen LogP contribution < -0.4 is 0 Å². The van der Waals surface area contributed by atoms with Gasteiger partial charge in [0, 0.05) is 35.9 Å². The van der Waals surface area contributed by atoms with E-state index in [1.807, 2.05) is 18.5 Å². The number of para-hydroxylation sites is 1. The summed E-state index contributed by atoms with van der Waals surface area (Å²) < 4.78 is 2.28. The number of pyridine rings is 2. The highest BCUT2D eigenvalue weighted by atomic mass is 15.0. The quantitative estimate of drug-likeness (QED) is 0.479. The minimum atomic E-state index is 0.111. The van der Waals surface area contributed by atoms with Crippen LogP contribution in [0.2, 0.25) is 0 Å². The Morgan fingerprint density at radius 2 is 1.69 bits per heavy atom. The van der Waals surface area contributed by atoms with Gasteiger partial charge in [-0.05, 0) is 46.7 Å². The third kappa shape index (κ3) is 2.88. The highest BCUT2D eigenvalue weighted by Gasteiger charge is 2.19. The molecule has 0 saturated heterocycles. The zero-order valence-corrected chi connectivity index (χ0v) is 15.9. The van der Waals surface area contributed by atoms with Crippen LogP contribution in [0.5, 0.6) is 0 Å². The van der Waals surface area contributed by atoms with Crippen LogP contribution in [0.25, 0.3) is 21.9 Å². The Labute approximate surface area is 154 Å². The zero-order valence-electron chi connectivity index (χ0n) is 15.9. The summed E-state index contributed by atoms with van der Waals surface area (Å²) in [5.74, 6) is 0.374. The Bertz CT molecular complexity index is 1060.